The van der Waals surface area contributed by atoms with E-state index in [1.165, 1.54) is 0 Å². The fourth-order valence-corrected chi connectivity index (χ4v) is 0.423. The third-order valence-electron chi connectivity index (χ3n) is 0.850. The first-order chi connectivity index (χ1) is 3.93. The molecule has 1 N–H and O–H groups in total. The van der Waals surface area contributed by atoms with Crippen LogP contribution in [0.25, 0.3) is 0 Å². The van der Waals surface area contributed by atoms with E-state index in [0.717, 1.165) is 5.56 Å². The Morgan fingerprint density at radius 3 is 2.75 bits per heavy atom. The first-order valence-electron chi connectivity index (χ1n) is 2.33. The fourth-order valence-electron chi connectivity index (χ4n) is 0.423. The Bertz CT molecular complexity index is 149. The van der Waals surface area contributed by atoms with E-state index < -0.39 is 0 Å². The summed E-state index contributed by atoms with van der Waals surface area (Å²) in [6.07, 6.45) is 3.18. The Labute approximate surface area is 47.5 Å². The van der Waals surface area contributed by atoms with Gasteiger partial charge in [0.2, 0.25) is 0 Å². The van der Waals surface area contributed by atoms with E-state index in [1.807, 2.05) is 0 Å². The van der Waals surface area contributed by atoms with Crippen LogP contribution in [0.1, 0.15) is 5.56 Å². The molecule has 0 saturated heterocycles. The number of hydrogen-bond donors (Lipinski definition) is 0. The van der Waals surface area contributed by atoms with E-state index in [-0.39, 0.29) is 6.54 Å². The van der Waals surface area contributed by atoms with Crippen LogP contribution in [0.15, 0.2) is 18.5 Å². The first-order valence-corrected chi connectivity index (χ1v) is 2.33. The monoisotopic (exact) mass is 108 g/mol. The van der Waals surface area contributed by atoms with Crippen LogP contribution in [0.3, 0.4) is 0 Å². The molecule has 1 aromatic rings. The largest absolute Gasteiger partial charge is 0.253 e. The third kappa shape index (κ3) is 1.01. The number of hydrogen-bond acceptors (Lipinski definition) is 2. The van der Waals surface area contributed by atoms with Gasteiger partial charge in [-0.2, -0.15) is 10.2 Å². The summed E-state index contributed by atoms with van der Waals surface area (Å²) in [5, 5.41) is 7.15. The molecule has 0 atom stereocenters. The van der Waals surface area contributed by atoms with Crippen LogP contribution < -0.4 is 5.73 Å². The van der Waals surface area contributed by atoms with Gasteiger partial charge in [-0.1, -0.05) is 0 Å². The van der Waals surface area contributed by atoms with Crippen LogP contribution in [-0.2, 0) is 6.54 Å². The van der Waals surface area contributed by atoms with E-state index in [0.29, 0.717) is 0 Å². The normalized spacial score (nSPS) is 9.12. The molecule has 0 bridgehead atoms. The number of rotatable bonds is 1. The molecule has 1 aromatic heterocycles. The molecule has 0 saturated carbocycles. The van der Waals surface area contributed by atoms with Gasteiger partial charge in [0, 0.05) is 12.7 Å². The molecular weight excluding hydrogens is 102 g/mol. The number of aromatic nitrogens is 2. The molecule has 3 nitrogen and oxygen atoms in total. The van der Waals surface area contributed by atoms with Gasteiger partial charge in [0.05, 0.1) is 6.20 Å². The van der Waals surface area contributed by atoms with Crippen molar-refractivity contribution in [2.75, 3.05) is 0 Å². The number of nitrogens with one attached hydrogen (secondary N) is 1. The molecule has 0 aliphatic carbocycles. The molecule has 41 valence electrons. The minimum atomic E-state index is 0.287. The molecule has 0 fully saturated rings. The summed E-state index contributed by atoms with van der Waals surface area (Å²) in [6.45, 7) is 0.287. The van der Waals surface area contributed by atoms with Crippen LogP contribution in [0.4, 0.5) is 0 Å². The standard InChI is InChI=1S/C5H6N3/c6-3-5-1-2-7-8-4-5/h1-2,4,6H,3H2. The predicted octanol–water partition coefficient (Wildman–Crippen LogP) is 0.260. The van der Waals surface area contributed by atoms with Crippen LogP contribution in [0.5, 0.6) is 0 Å². The summed E-state index contributed by atoms with van der Waals surface area (Å²) in [7, 11) is 0. The zero-order valence-electron chi connectivity index (χ0n) is 4.33. The van der Waals surface area contributed by atoms with Crippen molar-refractivity contribution in [3.05, 3.63) is 24.0 Å². The second-order valence-electron chi connectivity index (χ2n) is 1.43. The zero-order chi connectivity index (χ0) is 5.82. The summed E-state index contributed by atoms with van der Waals surface area (Å²) >= 11 is 0. The van der Waals surface area contributed by atoms with Crippen molar-refractivity contribution >= 4 is 0 Å². The molecule has 1 heterocycles. The highest BCUT2D eigenvalue weighted by Crippen LogP contribution is 1.89. The lowest BCUT2D eigenvalue weighted by Crippen LogP contribution is -1.86. The maximum Gasteiger partial charge on any atom is 0.0541 e. The molecule has 1 rings (SSSR count). The maximum absolute atomic E-state index is 6.88. The van der Waals surface area contributed by atoms with Crippen LogP contribution in [0.2, 0.25) is 0 Å². The molecule has 1 radical (unpaired) electrons. The molecular formula is C5H6N3. The van der Waals surface area contributed by atoms with Gasteiger partial charge in [-0.05, 0) is 11.6 Å². The van der Waals surface area contributed by atoms with Gasteiger partial charge in [0.15, 0.2) is 0 Å². The molecule has 0 amide bonds. The quantitative estimate of drug-likeness (QED) is 0.518. The predicted molar refractivity (Wildman–Crippen MR) is 28.8 cm³/mol. The topological polar surface area (TPSA) is 49.6 Å². The third-order valence-corrected chi connectivity index (χ3v) is 0.850. The summed E-state index contributed by atoms with van der Waals surface area (Å²) < 4.78 is 0. The highest BCUT2D eigenvalue weighted by Gasteiger charge is 1.82. The molecule has 0 aliphatic heterocycles. The SMILES string of the molecule is [NH]Cc1ccnnc1. The van der Waals surface area contributed by atoms with Gasteiger partial charge in [-0.3, -0.25) is 5.73 Å². The lowest BCUT2D eigenvalue weighted by Gasteiger charge is -1.87. The van der Waals surface area contributed by atoms with Gasteiger partial charge in [0.1, 0.15) is 0 Å². The molecule has 0 spiro atoms. The average molecular weight is 108 g/mol. The van der Waals surface area contributed by atoms with Crippen molar-refractivity contribution in [1.29, 1.82) is 0 Å². The van der Waals surface area contributed by atoms with Crippen LogP contribution in [0, 0.1) is 0 Å². The Morgan fingerprint density at radius 1 is 1.50 bits per heavy atom. The minimum absolute atomic E-state index is 0.287. The van der Waals surface area contributed by atoms with Crippen LogP contribution >= 0.6 is 0 Å². The minimum Gasteiger partial charge on any atom is -0.253 e. The fraction of sp³-hybridized carbons (Fsp3) is 0.200. The zero-order valence-corrected chi connectivity index (χ0v) is 4.33. The van der Waals surface area contributed by atoms with E-state index in [4.69, 9.17) is 5.73 Å². The number of nitrogens with zero attached hydrogens (tertiary/aromatic N) is 2. The maximum atomic E-state index is 6.88. The van der Waals surface area contributed by atoms with E-state index in [1.54, 1.807) is 18.5 Å². The molecule has 0 aliphatic rings. The van der Waals surface area contributed by atoms with Gasteiger partial charge in [0.25, 0.3) is 0 Å². The summed E-state index contributed by atoms with van der Waals surface area (Å²) in [4.78, 5) is 0. The Hall–Kier alpha value is -0.960. The van der Waals surface area contributed by atoms with Crippen molar-refractivity contribution in [2.45, 2.75) is 6.54 Å². The van der Waals surface area contributed by atoms with Gasteiger partial charge >= 0.3 is 0 Å². The highest BCUT2D eigenvalue weighted by molar-refractivity contribution is 5.03. The lowest BCUT2D eigenvalue weighted by atomic mass is 10.3. The van der Waals surface area contributed by atoms with Crippen LogP contribution in [-0.4, -0.2) is 10.2 Å². The highest BCUT2D eigenvalue weighted by atomic mass is 15.1. The average Bonchev–Trinajstić information content (AvgIpc) is 1.90. The molecule has 0 unspecified atom stereocenters. The summed E-state index contributed by atoms with van der Waals surface area (Å²) in [6, 6.07) is 1.78. The van der Waals surface area contributed by atoms with Crippen molar-refractivity contribution in [2.24, 2.45) is 0 Å². The van der Waals surface area contributed by atoms with E-state index >= 15 is 0 Å². The van der Waals surface area contributed by atoms with Gasteiger partial charge in [-0.15, -0.1) is 0 Å². The molecule has 8 heavy (non-hydrogen) atoms. The van der Waals surface area contributed by atoms with Crippen molar-refractivity contribution in [3.63, 3.8) is 0 Å². The van der Waals surface area contributed by atoms with Crippen molar-refractivity contribution < 1.29 is 0 Å². The van der Waals surface area contributed by atoms with Crippen molar-refractivity contribution in [1.82, 2.24) is 15.9 Å². The Morgan fingerprint density at radius 2 is 2.38 bits per heavy atom. The van der Waals surface area contributed by atoms with Gasteiger partial charge in [-0.25, -0.2) is 0 Å². The van der Waals surface area contributed by atoms with Crippen molar-refractivity contribution in [3.8, 4) is 0 Å². The van der Waals surface area contributed by atoms with E-state index in [2.05, 4.69) is 10.2 Å². The molecule has 3 heteroatoms. The second-order valence-corrected chi connectivity index (χ2v) is 1.43. The Kier molecular flexibility index (Phi) is 1.54. The Balaban J connectivity index is 2.83. The molecule has 0 aromatic carbocycles. The smallest absolute Gasteiger partial charge is 0.0541 e. The second kappa shape index (κ2) is 2.37. The first kappa shape index (κ1) is 5.18. The van der Waals surface area contributed by atoms with Gasteiger partial charge < -0.3 is 0 Å². The lowest BCUT2D eigenvalue weighted by molar-refractivity contribution is 0.950. The summed E-state index contributed by atoms with van der Waals surface area (Å²) in [5.41, 5.74) is 7.78. The van der Waals surface area contributed by atoms with E-state index in [9.17, 15) is 0 Å². The summed E-state index contributed by atoms with van der Waals surface area (Å²) in [5.74, 6) is 0.